The SMILES string of the molecule is Cc1nnc(SSc2nnc(S)s2)s1. The van der Waals surface area contributed by atoms with E-state index >= 15 is 0 Å². The lowest BCUT2D eigenvalue weighted by Gasteiger charge is -1.87. The van der Waals surface area contributed by atoms with Crippen LogP contribution < -0.4 is 0 Å². The molecule has 4 nitrogen and oxygen atoms in total. The van der Waals surface area contributed by atoms with Gasteiger partial charge in [0.2, 0.25) is 0 Å². The number of aryl methyl sites for hydroxylation is 1. The van der Waals surface area contributed by atoms with Gasteiger partial charge in [0.25, 0.3) is 0 Å². The first-order chi connectivity index (χ1) is 6.74. The predicted molar refractivity (Wildman–Crippen MR) is 63.5 cm³/mol. The molecule has 0 spiro atoms. The first-order valence-corrected chi connectivity index (χ1v) is 7.64. The van der Waals surface area contributed by atoms with Crippen molar-refractivity contribution in [3.8, 4) is 0 Å². The molecule has 74 valence electrons. The van der Waals surface area contributed by atoms with Gasteiger partial charge in [-0.05, 0) is 28.5 Å². The molecule has 0 amide bonds. The first-order valence-electron chi connectivity index (χ1n) is 3.41. The van der Waals surface area contributed by atoms with Gasteiger partial charge in [-0.2, -0.15) is 0 Å². The molecular formula is C5H4N4S5. The van der Waals surface area contributed by atoms with Crippen LogP contribution in [0.4, 0.5) is 0 Å². The maximum Gasteiger partial charge on any atom is 0.186 e. The Kier molecular flexibility index (Phi) is 3.66. The fourth-order valence-corrected chi connectivity index (χ4v) is 4.86. The van der Waals surface area contributed by atoms with E-state index in [1.54, 1.807) is 22.1 Å². The molecule has 0 saturated carbocycles. The number of hydrogen-bond acceptors (Lipinski definition) is 9. The van der Waals surface area contributed by atoms with Crippen molar-refractivity contribution < 1.29 is 0 Å². The van der Waals surface area contributed by atoms with E-state index in [0.717, 1.165) is 13.7 Å². The lowest BCUT2D eigenvalue weighted by Crippen LogP contribution is -1.69. The fourth-order valence-electron chi connectivity index (χ4n) is 0.620. The van der Waals surface area contributed by atoms with Crippen molar-refractivity contribution in [1.29, 1.82) is 0 Å². The standard InChI is InChI=1S/C5H4N4S5/c1-2-6-8-4(11-2)13-14-5-9-7-3(10)12-5/h1H3,(H,7,10). The highest BCUT2D eigenvalue weighted by molar-refractivity contribution is 8.77. The predicted octanol–water partition coefficient (Wildman–Crippen LogP) is 2.79. The van der Waals surface area contributed by atoms with Crippen molar-refractivity contribution >= 4 is 56.9 Å². The Balaban J connectivity index is 1.94. The van der Waals surface area contributed by atoms with Crippen LogP contribution in [0.2, 0.25) is 0 Å². The van der Waals surface area contributed by atoms with Gasteiger partial charge in [0.05, 0.1) is 0 Å². The van der Waals surface area contributed by atoms with Gasteiger partial charge in [-0.3, -0.25) is 0 Å². The minimum atomic E-state index is 0.682. The highest BCUT2D eigenvalue weighted by Gasteiger charge is 2.06. The third kappa shape index (κ3) is 2.83. The van der Waals surface area contributed by atoms with Gasteiger partial charge < -0.3 is 0 Å². The minimum Gasteiger partial charge on any atom is -0.143 e. The van der Waals surface area contributed by atoms with Gasteiger partial charge >= 0.3 is 0 Å². The van der Waals surface area contributed by atoms with E-state index in [9.17, 15) is 0 Å². The molecule has 0 aliphatic rings. The second-order valence-electron chi connectivity index (χ2n) is 2.10. The molecule has 2 aromatic heterocycles. The summed E-state index contributed by atoms with van der Waals surface area (Å²) < 4.78 is 2.50. The normalized spacial score (nSPS) is 10.7. The molecule has 0 saturated heterocycles. The first kappa shape index (κ1) is 10.7. The van der Waals surface area contributed by atoms with Crippen LogP contribution in [0.15, 0.2) is 13.0 Å². The Morgan fingerprint density at radius 1 is 1.00 bits per heavy atom. The summed E-state index contributed by atoms with van der Waals surface area (Å²) in [6.45, 7) is 1.93. The molecule has 0 unspecified atom stereocenters. The number of nitrogens with zero attached hydrogens (tertiary/aromatic N) is 4. The van der Waals surface area contributed by atoms with Gasteiger partial charge in [0.1, 0.15) is 5.01 Å². The summed E-state index contributed by atoms with van der Waals surface area (Å²) in [5.74, 6) is 0. The molecular weight excluding hydrogens is 276 g/mol. The minimum absolute atomic E-state index is 0.682. The molecule has 0 bridgehead atoms. The molecule has 0 aliphatic carbocycles. The Bertz CT molecular complexity index is 383. The topological polar surface area (TPSA) is 51.6 Å². The summed E-state index contributed by atoms with van der Waals surface area (Å²) in [5, 5.41) is 16.6. The van der Waals surface area contributed by atoms with Gasteiger partial charge in [-0.15, -0.1) is 33.0 Å². The van der Waals surface area contributed by atoms with Crippen LogP contribution in [0, 0.1) is 6.92 Å². The third-order valence-corrected chi connectivity index (χ3v) is 5.97. The number of rotatable bonds is 3. The number of thiol groups is 1. The van der Waals surface area contributed by atoms with Crippen molar-refractivity contribution in [3.63, 3.8) is 0 Å². The molecule has 0 atom stereocenters. The van der Waals surface area contributed by atoms with E-state index < -0.39 is 0 Å². The van der Waals surface area contributed by atoms with Crippen LogP contribution in [-0.4, -0.2) is 20.4 Å². The zero-order valence-electron chi connectivity index (χ0n) is 6.87. The summed E-state index contributed by atoms with van der Waals surface area (Å²) in [6.07, 6.45) is 0. The number of aromatic nitrogens is 4. The van der Waals surface area contributed by atoms with E-state index in [2.05, 4.69) is 33.0 Å². The van der Waals surface area contributed by atoms with E-state index in [-0.39, 0.29) is 0 Å². The van der Waals surface area contributed by atoms with Crippen LogP contribution in [0.25, 0.3) is 0 Å². The molecule has 0 N–H and O–H groups in total. The lowest BCUT2D eigenvalue weighted by molar-refractivity contribution is 0.959. The zero-order valence-corrected chi connectivity index (χ0v) is 11.0. The Hall–Kier alpha value is 0.170. The Labute approximate surface area is 102 Å². The van der Waals surface area contributed by atoms with E-state index in [0.29, 0.717) is 4.34 Å². The average Bonchev–Trinajstić information content (AvgIpc) is 2.72. The molecule has 2 aromatic rings. The van der Waals surface area contributed by atoms with Crippen molar-refractivity contribution in [3.05, 3.63) is 5.01 Å². The summed E-state index contributed by atoms with van der Waals surface area (Å²) in [5.41, 5.74) is 0. The van der Waals surface area contributed by atoms with Gasteiger partial charge in [0.15, 0.2) is 13.0 Å². The summed E-state index contributed by atoms with van der Waals surface area (Å²) >= 11 is 7.11. The summed E-state index contributed by atoms with van der Waals surface area (Å²) in [4.78, 5) is 0. The zero-order chi connectivity index (χ0) is 9.97. The molecule has 9 heteroatoms. The van der Waals surface area contributed by atoms with E-state index in [4.69, 9.17) is 0 Å². The quantitative estimate of drug-likeness (QED) is 0.689. The molecule has 0 fully saturated rings. The molecule has 0 radical (unpaired) electrons. The maximum absolute atomic E-state index is 4.09. The average molecular weight is 280 g/mol. The molecule has 0 aliphatic heterocycles. The fraction of sp³-hybridized carbons (Fsp3) is 0.200. The molecule has 14 heavy (non-hydrogen) atoms. The highest BCUT2D eigenvalue weighted by atomic mass is 33.1. The Morgan fingerprint density at radius 3 is 2.14 bits per heavy atom. The molecule has 2 heterocycles. The van der Waals surface area contributed by atoms with Crippen molar-refractivity contribution in [2.45, 2.75) is 19.9 Å². The van der Waals surface area contributed by atoms with Crippen LogP contribution in [-0.2, 0) is 0 Å². The van der Waals surface area contributed by atoms with Gasteiger partial charge in [-0.25, -0.2) is 0 Å². The van der Waals surface area contributed by atoms with Crippen LogP contribution in [0.3, 0.4) is 0 Å². The van der Waals surface area contributed by atoms with E-state index in [1.165, 1.54) is 22.1 Å². The highest BCUT2D eigenvalue weighted by Crippen LogP contribution is 2.39. The van der Waals surface area contributed by atoms with Crippen molar-refractivity contribution in [2.24, 2.45) is 0 Å². The monoisotopic (exact) mass is 280 g/mol. The molecule has 0 aromatic carbocycles. The third-order valence-electron chi connectivity index (χ3n) is 1.09. The second-order valence-corrected chi connectivity index (χ2v) is 7.61. The lowest BCUT2D eigenvalue weighted by atomic mass is 10.9. The van der Waals surface area contributed by atoms with Crippen LogP contribution in [0.1, 0.15) is 5.01 Å². The van der Waals surface area contributed by atoms with Crippen molar-refractivity contribution in [1.82, 2.24) is 20.4 Å². The Morgan fingerprint density at radius 2 is 1.64 bits per heavy atom. The number of hydrogen-bond donors (Lipinski definition) is 1. The largest absolute Gasteiger partial charge is 0.186 e. The van der Waals surface area contributed by atoms with Gasteiger partial charge in [0, 0.05) is 0 Å². The van der Waals surface area contributed by atoms with Crippen molar-refractivity contribution in [2.75, 3.05) is 0 Å². The van der Waals surface area contributed by atoms with Gasteiger partial charge in [-0.1, -0.05) is 22.7 Å². The second kappa shape index (κ2) is 4.79. The maximum atomic E-state index is 4.09. The van der Waals surface area contributed by atoms with Crippen LogP contribution in [0.5, 0.6) is 0 Å². The van der Waals surface area contributed by atoms with E-state index in [1.807, 2.05) is 6.92 Å². The van der Waals surface area contributed by atoms with Crippen LogP contribution >= 0.6 is 56.9 Å². The summed E-state index contributed by atoms with van der Waals surface area (Å²) in [6, 6.07) is 0. The molecule has 2 rings (SSSR count). The smallest absolute Gasteiger partial charge is 0.143 e. The summed E-state index contributed by atoms with van der Waals surface area (Å²) in [7, 11) is 3.07.